The Bertz CT molecular complexity index is 375. The molecule has 0 aliphatic carbocycles. The molecule has 0 aliphatic rings. The van der Waals surface area contributed by atoms with Crippen LogP contribution in [0, 0.1) is 0 Å². The van der Waals surface area contributed by atoms with Crippen molar-refractivity contribution < 1.29 is 19.8 Å². The largest absolute Gasteiger partial charge is 0.478 e. The molecule has 0 fully saturated rings. The van der Waals surface area contributed by atoms with Crippen LogP contribution in [0.25, 0.3) is 0 Å². The topological polar surface area (TPSA) is 86.6 Å². The number of allylic oxidation sites excluding steroid dienone is 4. The minimum atomic E-state index is -0.979. The van der Waals surface area contributed by atoms with Crippen molar-refractivity contribution in [1.29, 1.82) is 0 Å². The Balaban J connectivity index is 3.74. The van der Waals surface area contributed by atoms with Crippen LogP contribution in [0.3, 0.4) is 0 Å². The van der Waals surface area contributed by atoms with Gasteiger partial charge >= 0.3 is 5.97 Å². The van der Waals surface area contributed by atoms with Crippen molar-refractivity contribution >= 4 is 11.9 Å². The zero-order chi connectivity index (χ0) is 14.7. The summed E-state index contributed by atoms with van der Waals surface area (Å²) in [5.41, 5.74) is -0.914. The smallest absolute Gasteiger partial charge is 0.328 e. The fourth-order valence-electron chi connectivity index (χ4n) is 1.06. The minimum Gasteiger partial charge on any atom is -0.478 e. The van der Waals surface area contributed by atoms with Crippen LogP contribution in [-0.2, 0) is 9.59 Å². The molecule has 0 saturated carbocycles. The number of unbranched alkanes of at least 4 members (excludes halogenated alkanes) is 1. The van der Waals surface area contributed by atoms with Crippen molar-refractivity contribution in [1.82, 2.24) is 5.32 Å². The number of carbonyl (C=O) groups excluding carboxylic acids is 1. The summed E-state index contributed by atoms with van der Waals surface area (Å²) in [6.45, 7) is 3.44. The lowest BCUT2D eigenvalue weighted by atomic mass is 10.1. The first kappa shape index (κ1) is 17.1. The van der Waals surface area contributed by atoms with Crippen molar-refractivity contribution in [3.63, 3.8) is 0 Å². The molecule has 5 heteroatoms. The number of aliphatic carboxylic acids is 1. The third-order valence-electron chi connectivity index (χ3n) is 1.95. The third kappa shape index (κ3) is 14.1. The molecule has 3 N–H and O–H groups in total. The van der Waals surface area contributed by atoms with Gasteiger partial charge in [0.1, 0.15) is 0 Å². The molecule has 0 spiro atoms. The highest BCUT2D eigenvalue weighted by Gasteiger charge is 2.12. The number of hydrogen-bond donors (Lipinski definition) is 3. The van der Waals surface area contributed by atoms with Gasteiger partial charge in [-0.25, -0.2) is 4.79 Å². The normalized spacial score (nSPS) is 12.6. The molecule has 1 amide bonds. The number of nitrogens with one attached hydrogen (secondary N) is 1. The Kier molecular flexibility index (Phi) is 8.20. The number of carboxylic acids is 1. The number of carbonyl (C=O) groups is 2. The zero-order valence-corrected chi connectivity index (χ0v) is 11.3. The Morgan fingerprint density at radius 2 is 1.74 bits per heavy atom. The van der Waals surface area contributed by atoms with E-state index in [4.69, 9.17) is 5.11 Å². The first-order valence-electron chi connectivity index (χ1n) is 6.04. The predicted octanol–water partition coefficient (Wildman–Crippen LogP) is 1.41. The van der Waals surface area contributed by atoms with Gasteiger partial charge in [0.25, 0.3) is 0 Å². The van der Waals surface area contributed by atoms with E-state index in [1.165, 1.54) is 12.2 Å². The molecule has 0 rings (SSSR count). The molecule has 0 aliphatic heterocycles. The standard InChI is InChI=1S/C14H21NO4/c1-14(2,19)11-15-12(16)9-7-5-3-4-6-8-10-13(17)18/h4,6-10,19H,3,5,11H2,1-2H3,(H,15,16)(H,17,18)/b6-4-,9-7+,10-8+. The second-order valence-electron chi connectivity index (χ2n) is 4.64. The van der Waals surface area contributed by atoms with Crippen LogP contribution in [0.5, 0.6) is 0 Å². The van der Waals surface area contributed by atoms with Gasteiger partial charge in [-0.3, -0.25) is 4.79 Å². The molecule has 0 bridgehead atoms. The monoisotopic (exact) mass is 267 g/mol. The van der Waals surface area contributed by atoms with Crippen LogP contribution in [0.2, 0.25) is 0 Å². The molecule has 106 valence electrons. The lowest BCUT2D eigenvalue weighted by Gasteiger charge is -2.16. The van der Waals surface area contributed by atoms with Gasteiger partial charge in [-0.1, -0.05) is 24.3 Å². The van der Waals surface area contributed by atoms with Gasteiger partial charge in [0, 0.05) is 12.6 Å². The fourth-order valence-corrected chi connectivity index (χ4v) is 1.06. The molecular weight excluding hydrogens is 246 g/mol. The molecule has 19 heavy (non-hydrogen) atoms. The maximum absolute atomic E-state index is 11.3. The van der Waals surface area contributed by atoms with Gasteiger partial charge in [-0.2, -0.15) is 0 Å². The summed E-state index contributed by atoms with van der Waals surface area (Å²) in [5, 5.41) is 20.3. The van der Waals surface area contributed by atoms with E-state index in [1.54, 1.807) is 26.0 Å². The van der Waals surface area contributed by atoms with E-state index in [1.807, 2.05) is 6.08 Å². The number of aliphatic hydroxyl groups is 1. The van der Waals surface area contributed by atoms with Crippen LogP contribution in [-0.4, -0.2) is 34.2 Å². The van der Waals surface area contributed by atoms with Gasteiger partial charge in [-0.15, -0.1) is 0 Å². The predicted molar refractivity (Wildman–Crippen MR) is 73.6 cm³/mol. The van der Waals surface area contributed by atoms with Crippen LogP contribution in [0.1, 0.15) is 26.7 Å². The highest BCUT2D eigenvalue weighted by Crippen LogP contribution is 1.97. The average Bonchev–Trinajstić information content (AvgIpc) is 2.28. The van der Waals surface area contributed by atoms with Gasteiger partial charge in [-0.05, 0) is 32.8 Å². The summed E-state index contributed by atoms with van der Waals surface area (Å²) in [6.07, 6.45) is 10.5. The summed E-state index contributed by atoms with van der Waals surface area (Å²) in [4.78, 5) is 21.4. The second kappa shape index (κ2) is 9.10. The van der Waals surface area contributed by atoms with Gasteiger partial charge in [0.2, 0.25) is 5.91 Å². The van der Waals surface area contributed by atoms with E-state index in [0.29, 0.717) is 6.42 Å². The SMILES string of the molecule is CC(C)(O)CNC(=O)/C=C/CC/C=C\C=C\C(=O)O. The van der Waals surface area contributed by atoms with Crippen LogP contribution < -0.4 is 5.32 Å². The summed E-state index contributed by atoms with van der Waals surface area (Å²) in [7, 11) is 0. The Labute approximate surface area is 113 Å². The van der Waals surface area contributed by atoms with E-state index < -0.39 is 11.6 Å². The van der Waals surface area contributed by atoms with Crippen molar-refractivity contribution in [2.24, 2.45) is 0 Å². The lowest BCUT2D eigenvalue weighted by molar-refractivity contribution is -0.131. The van der Waals surface area contributed by atoms with Crippen LogP contribution in [0.4, 0.5) is 0 Å². The first-order chi connectivity index (χ1) is 8.81. The average molecular weight is 267 g/mol. The third-order valence-corrected chi connectivity index (χ3v) is 1.95. The molecule has 0 aromatic rings. The first-order valence-corrected chi connectivity index (χ1v) is 6.04. The van der Waals surface area contributed by atoms with Crippen LogP contribution in [0.15, 0.2) is 36.5 Å². The van der Waals surface area contributed by atoms with E-state index in [0.717, 1.165) is 12.5 Å². The van der Waals surface area contributed by atoms with Crippen molar-refractivity contribution in [2.45, 2.75) is 32.3 Å². The van der Waals surface area contributed by atoms with Crippen molar-refractivity contribution in [3.8, 4) is 0 Å². The molecule has 0 heterocycles. The molecule has 0 aromatic heterocycles. The molecule has 0 aromatic carbocycles. The molecule has 0 radical (unpaired) electrons. The van der Waals surface area contributed by atoms with Crippen LogP contribution >= 0.6 is 0 Å². The highest BCUT2D eigenvalue weighted by molar-refractivity contribution is 5.87. The fraction of sp³-hybridized carbons (Fsp3) is 0.429. The van der Waals surface area contributed by atoms with E-state index in [9.17, 15) is 14.7 Å². The molecule has 0 unspecified atom stereocenters. The summed E-state index contributed by atoms with van der Waals surface area (Å²) >= 11 is 0. The quantitative estimate of drug-likeness (QED) is 0.352. The summed E-state index contributed by atoms with van der Waals surface area (Å²) in [6, 6.07) is 0. The number of rotatable bonds is 8. The number of hydrogen-bond acceptors (Lipinski definition) is 3. The molecular formula is C14H21NO4. The lowest BCUT2D eigenvalue weighted by Crippen LogP contribution is -2.37. The van der Waals surface area contributed by atoms with Crippen molar-refractivity contribution in [2.75, 3.05) is 6.54 Å². The maximum Gasteiger partial charge on any atom is 0.328 e. The van der Waals surface area contributed by atoms with Gasteiger partial charge < -0.3 is 15.5 Å². The van der Waals surface area contributed by atoms with Crippen molar-refractivity contribution in [3.05, 3.63) is 36.5 Å². The van der Waals surface area contributed by atoms with Gasteiger partial charge in [0.05, 0.1) is 5.60 Å². The number of amides is 1. The Morgan fingerprint density at radius 1 is 1.11 bits per heavy atom. The summed E-state index contributed by atoms with van der Waals surface area (Å²) < 4.78 is 0. The summed E-state index contributed by atoms with van der Waals surface area (Å²) in [5.74, 6) is -1.22. The molecule has 5 nitrogen and oxygen atoms in total. The second-order valence-corrected chi connectivity index (χ2v) is 4.64. The Hall–Kier alpha value is -1.88. The highest BCUT2D eigenvalue weighted by atomic mass is 16.4. The van der Waals surface area contributed by atoms with Gasteiger partial charge in [0.15, 0.2) is 0 Å². The van der Waals surface area contributed by atoms with E-state index in [2.05, 4.69) is 5.32 Å². The minimum absolute atomic E-state index is 0.204. The number of carboxylic acid groups (broad SMARTS) is 1. The van der Waals surface area contributed by atoms with E-state index >= 15 is 0 Å². The molecule has 0 atom stereocenters. The Morgan fingerprint density at radius 3 is 2.32 bits per heavy atom. The zero-order valence-electron chi connectivity index (χ0n) is 11.3. The molecule has 0 saturated heterocycles. The van der Waals surface area contributed by atoms with E-state index in [-0.39, 0.29) is 12.5 Å². The maximum atomic E-state index is 11.3.